The number of nitriles is 1. The predicted molar refractivity (Wildman–Crippen MR) is 43.6 cm³/mol. The minimum absolute atomic E-state index is 0.0208. The molecule has 1 saturated carbocycles. The average Bonchev–Trinajstić information content (AvgIpc) is 2.49. The number of rotatable bonds is 2. The van der Waals surface area contributed by atoms with Crippen LogP contribution in [0.25, 0.3) is 0 Å². The second kappa shape index (κ2) is 3.55. The molecule has 1 aliphatic rings. The number of carbonyl (C=O) groups is 1. The van der Waals surface area contributed by atoms with Gasteiger partial charge in [0.2, 0.25) is 5.91 Å². The molecular formula is C8H13N3O. The summed E-state index contributed by atoms with van der Waals surface area (Å²) < 4.78 is 0. The highest BCUT2D eigenvalue weighted by atomic mass is 16.1. The molecule has 0 bridgehead atoms. The van der Waals surface area contributed by atoms with Crippen LogP contribution in [0.2, 0.25) is 0 Å². The molecule has 1 fully saturated rings. The largest absolute Gasteiger partial charge is 0.368 e. The van der Waals surface area contributed by atoms with Gasteiger partial charge in [-0.15, -0.1) is 0 Å². The molecule has 3 unspecified atom stereocenters. The summed E-state index contributed by atoms with van der Waals surface area (Å²) in [6, 6.07) is 1.52. The van der Waals surface area contributed by atoms with Crippen LogP contribution in [-0.2, 0) is 4.79 Å². The third kappa shape index (κ3) is 1.56. The van der Waals surface area contributed by atoms with Crippen molar-refractivity contribution in [3.63, 3.8) is 0 Å². The molecule has 0 aliphatic heterocycles. The summed E-state index contributed by atoms with van der Waals surface area (Å²) in [7, 11) is 0. The lowest BCUT2D eigenvalue weighted by molar-refractivity contribution is -0.120. The molecule has 0 heterocycles. The SMILES string of the molecule is N#CC1CCCC1C(N)C(N)=O. The zero-order chi connectivity index (χ0) is 9.14. The van der Waals surface area contributed by atoms with Crippen LogP contribution in [-0.4, -0.2) is 11.9 Å². The molecule has 0 aromatic heterocycles. The van der Waals surface area contributed by atoms with E-state index in [1.165, 1.54) is 0 Å². The van der Waals surface area contributed by atoms with Crippen molar-refractivity contribution >= 4 is 5.91 Å². The number of carbonyl (C=O) groups excluding carboxylic acids is 1. The summed E-state index contributed by atoms with van der Waals surface area (Å²) >= 11 is 0. The Morgan fingerprint density at radius 3 is 2.75 bits per heavy atom. The Hall–Kier alpha value is -1.08. The summed E-state index contributed by atoms with van der Waals surface area (Å²) in [4.78, 5) is 10.7. The normalized spacial score (nSPS) is 31.0. The molecule has 0 radical (unpaired) electrons. The van der Waals surface area contributed by atoms with Gasteiger partial charge in [0.15, 0.2) is 0 Å². The van der Waals surface area contributed by atoms with Crippen LogP contribution in [0.15, 0.2) is 0 Å². The van der Waals surface area contributed by atoms with Gasteiger partial charge < -0.3 is 11.5 Å². The average molecular weight is 167 g/mol. The van der Waals surface area contributed by atoms with Gasteiger partial charge in [0.1, 0.15) is 0 Å². The Kier molecular flexibility index (Phi) is 2.66. The van der Waals surface area contributed by atoms with Crippen LogP contribution in [0, 0.1) is 23.2 Å². The summed E-state index contributed by atoms with van der Waals surface area (Å²) in [5.41, 5.74) is 10.6. The van der Waals surface area contributed by atoms with Gasteiger partial charge in [-0.2, -0.15) is 5.26 Å². The maximum absolute atomic E-state index is 10.7. The van der Waals surface area contributed by atoms with E-state index in [4.69, 9.17) is 16.7 Å². The molecule has 0 aromatic carbocycles. The lowest BCUT2D eigenvalue weighted by Crippen LogP contribution is -2.43. The zero-order valence-electron chi connectivity index (χ0n) is 6.86. The van der Waals surface area contributed by atoms with Crippen LogP contribution in [0.5, 0.6) is 0 Å². The van der Waals surface area contributed by atoms with Crippen LogP contribution in [0.3, 0.4) is 0 Å². The molecule has 1 rings (SSSR count). The first kappa shape index (κ1) is 9.01. The highest BCUT2D eigenvalue weighted by molar-refractivity contribution is 5.80. The molecule has 4 heteroatoms. The Morgan fingerprint density at radius 1 is 1.58 bits per heavy atom. The maximum atomic E-state index is 10.7. The third-order valence-corrected chi connectivity index (χ3v) is 2.53. The number of hydrogen-bond acceptors (Lipinski definition) is 3. The number of hydrogen-bond donors (Lipinski definition) is 2. The van der Waals surface area contributed by atoms with Crippen molar-refractivity contribution in [3.05, 3.63) is 0 Å². The highest BCUT2D eigenvalue weighted by Gasteiger charge is 2.34. The Labute approximate surface area is 71.5 Å². The van der Waals surface area contributed by atoms with E-state index in [2.05, 4.69) is 6.07 Å². The summed E-state index contributed by atoms with van der Waals surface area (Å²) in [5, 5.41) is 8.71. The van der Waals surface area contributed by atoms with Crippen molar-refractivity contribution in [1.29, 1.82) is 5.26 Å². The molecule has 4 N–H and O–H groups in total. The number of nitrogens with two attached hydrogens (primary N) is 2. The molecule has 4 nitrogen and oxygen atoms in total. The van der Waals surface area contributed by atoms with Crippen molar-refractivity contribution in [2.75, 3.05) is 0 Å². The van der Waals surface area contributed by atoms with Crippen molar-refractivity contribution < 1.29 is 4.79 Å². The quantitative estimate of drug-likeness (QED) is 0.593. The van der Waals surface area contributed by atoms with Crippen molar-refractivity contribution in [1.82, 2.24) is 0 Å². The van der Waals surface area contributed by atoms with Gasteiger partial charge in [0.05, 0.1) is 18.0 Å². The lowest BCUT2D eigenvalue weighted by Gasteiger charge is -2.17. The van der Waals surface area contributed by atoms with Crippen molar-refractivity contribution in [2.24, 2.45) is 23.3 Å². The highest BCUT2D eigenvalue weighted by Crippen LogP contribution is 2.32. The Morgan fingerprint density at radius 2 is 2.25 bits per heavy atom. The zero-order valence-corrected chi connectivity index (χ0v) is 6.86. The molecular weight excluding hydrogens is 154 g/mol. The monoisotopic (exact) mass is 167 g/mol. The van der Waals surface area contributed by atoms with E-state index in [0.29, 0.717) is 0 Å². The van der Waals surface area contributed by atoms with Gasteiger partial charge in [0, 0.05) is 0 Å². The van der Waals surface area contributed by atoms with E-state index < -0.39 is 11.9 Å². The summed E-state index contributed by atoms with van der Waals surface area (Å²) in [6.07, 6.45) is 2.67. The molecule has 0 aromatic rings. The second-order valence-corrected chi connectivity index (χ2v) is 3.26. The summed E-state index contributed by atoms with van der Waals surface area (Å²) in [5.74, 6) is -0.595. The lowest BCUT2D eigenvalue weighted by atomic mass is 9.90. The van der Waals surface area contributed by atoms with Crippen molar-refractivity contribution in [3.8, 4) is 6.07 Å². The number of nitrogens with zero attached hydrogens (tertiary/aromatic N) is 1. The van der Waals surface area contributed by atoms with Gasteiger partial charge in [0.25, 0.3) is 0 Å². The molecule has 0 saturated heterocycles. The molecule has 12 heavy (non-hydrogen) atoms. The van der Waals surface area contributed by atoms with E-state index in [1.54, 1.807) is 0 Å². The fourth-order valence-corrected chi connectivity index (χ4v) is 1.79. The van der Waals surface area contributed by atoms with E-state index in [1.807, 2.05) is 0 Å². The molecule has 66 valence electrons. The van der Waals surface area contributed by atoms with Crippen LogP contribution >= 0.6 is 0 Å². The van der Waals surface area contributed by atoms with E-state index >= 15 is 0 Å². The molecule has 1 aliphatic carbocycles. The van der Waals surface area contributed by atoms with E-state index in [9.17, 15) is 4.79 Å². The minimum Gasteiger partial charge on any atom is -0.368 e. The standard InChI is InChI=1S/C8H13N3O/c9-4-5-2-1-3-6(5)7(10)8(11)12/h5-7H,1-3,10H2,(H2,11,12). The Balaban J connectivity index is 2.62. The first-order valence-electron chi connectivity index (χ1n) is 4.11. The van der Waals surface area contributed by atoms with Gasteiger partial charge in [-0.3, -0.25) is 4.79 Å². The number of primary amides is 1. The van der Waals surface area contributed by atoms with Crippen LogP contribution in [0.4, 0.5) is 0 Å². The topological polar surface area (TPSA) is 92.9 Å². The molecule has 1 amide bonds. The van der Waals surface area contributed by atoms with Gasteiger partial charge in [-0.1, -0.05) is 6.42 Å². The summed E-state index contributed by atoms with van der Waals surface area (Å²) in [6.45, 7) is 0. The van der Waals surface area contributed by atoms with E-state index in [0.717, 1.165) is 19.3 Å². The van der Waals surface area contributed by atoms with Crippen molar-refractivity contribution in [2.45, 2.75) is 25.3 Å². The second-order valence-electron chi connectivity index (χ2n) is 3.26. The molecule has 0 spiro atoms. The first-order valence-corrected chi connectivity index (χ1v) is 4.11. The van der Waals surface area contributed by atoms with Crippen LogP contribution < -0.4 is 11.5 Å². The predicted octanol–water partition coefficient (Wildman–Crippen LogP) is -0.261. The van der Waals surface area contributed by atoms with Gasteiger partial charge >= 0.3 is 0 Å². The van der Waals surface area contributed by atoms with Crippen LogP contribution in [0.1, 0.15) is 19.3 Å². The molecule has 3 atom stereocenters. The Bertz CT molecular complexity index is 221. The number of amides is 1. The fraction of sp³-hybridized carbons (Fsp3) is 0.750. The first-order chi connectivity index (χ1) is 5.66. The fourth-order valence-electron chi connectivity index (χ4n) is 1.79. The maximum Gasteiger partial charge on any atom is 0.234 e. The van der Waals surface area contributed by atoms with Gasteiger partial charge in [-0.05, 0) is 18.8 Å². The smallest absolute Gasteiger partial charge is 0.234 e. The minimum atomic E-state index is -0.642. The van der Waals surface area contributed by atoms with Gasteiger partial charge in [-0.25, -0.2) is 0 Å². The van der Waals surface area contributed by atoms with E-state index in [-0.39, 0.29) is 11.8 Å². The third-order valence-electron chi connectivity index (χ3n) is 2.53.